The molecule has 0 aliphatic carbocycles. The molecule has 0 bridgehead atoms. The standard InChI is InChI=1S/C12H15F3N2O/c1-6(5-16)7(2)17-12(18)8-3-9(13)11(15)10(14)4-8/h3-4,6-7H,5,16H2,1-2H3,(H,17,18). The first-order valence-corrected chi connectivity index (χ1v) is 5.52. The minimum absolute atomic E-state index is 0.0177. The molecule has 0 heterocycles. The van der Waals surface area contributed by atoms with Gasteiger partial charge in [-0.2, -0.15) is 0 Å². The maximum atomic E-state index is 12.9. The van der Waals surface area contributed by atoms with Crippen molar-refractivity contribution >= 4 is 5.91 Å². The molecule has 1 amide bonds. The molecular formula is C12H15F3N2O. The van der Waals surface area contributed by atoms with Crippen molar-refractivity contribution in [2.75, 3.05) is 6.54 Å². The molecule has 3 N–H and O–H groups in total. The Balaban J connectivity index is 2.85. The van der Waals surface area contributed by atoms with Gasteiger partial charge in [0, 0.05) is 11.6 Å². The lowest BCUT2D eigenvalue weighted by Crippen LogP contribution is -2.39. The van der Waals surface area contributed by atoms with Gasteiger partial charge < -0.3 is 11.1 Å². The molecule has 100 valence electrons. The Bertz CT molecular complexity index is 428. The molecule has 1 aromatic carbocycles. The molecule has 3 nitrogen and oxygen atoms in total. The third-order valence-electron chi connectivity index (χ3n) is 2.83. The van der Waals surface area contributed by atoms with Gasteiger partial charge in [0.25, 0.3) is 5.91 Å². The Kier molecular flexibility index (Phi) is 4.72. The third-order valence-corrected chi connectivity index (χ3v) is 2.83. The summed E-state index contributed by atoms with van der Waals surface area (Å²) in [5.41, 5.74) is 5.17. The van der Waals surface area contributed by atoms with E-state index >= 15 is 0 Å². The predicted molar refractivity (Wildman–Crippen MR) is 61.5 cm³/mol. The maximum Gasteiger partial charge on any atom is 0.251 e. The molecule has 1 aromatic rings. The quantitative estimate of drug-likeness (QED) is 0.811. The average Bonchev–Trinajstić information content (AvgIpc) is 2.33. The van der Waals surface area contributed by atoms with Crippen LogP contribution >= 0.6 is 0 Å². The lowest BCUT2D eigenvalue weighted by molar-refractivity contribution is 0.0928. The van der Waals surface area contributed by atoms with Crippen LogP contribution in [0.4, 0.5) is 13.2 Å². The summed E-state index contributed by atoms with van der Waals surface area (Å²) < 4.78 is 38.6. The summed E-state index contributed by atoms with van der Waals surface area (Å²) in [6, 6.07) is 1.07. The summed E-state index contributed by atoms with van der Waals surface area (Å²) in [4.78, 5) is 11.7. The molecule has 0 radical (unpaired) electrons. The van der Waals surface area contributed by atoms with Crippen molar-refractivity contribution in [3.05, 3.63) is 35.1 Å². The van der Waals surface area contributed by atoms with Crippen LogP contribution in [0.1, 0.15) is 24.2 Å². The van der Waals surface area contributed by atoms with Crippen molar-refractivity contribution in [3.8, 4) is 0 Å². The Morgan fingerprint density at radius 3 is 2.22 bits per heavy atom. The van der Waals surface area contributed by atoms with Crippen LogP contribution in [0.2, 0.25) is 0 Å². The Morgan fingerprint density at radius 1 is 1.28 bits per heavy atom. The van der Waals surface area contributed by atoms with Crippen LogP contribution in [0.15, 0.2) is 12.1 Å². The lowest BCUT2D eigenvalue weighted by Gasteiger charge is -2.19. The minimum atomic E-state index is -1.59. The summed E-state index contributed by atoms with van der Waals surface area (Å²) in [5.74, 6) is -5.01. The summed E-state index contributed by atoms with van der Waals surface area (Å²) in [6.07, 6.45) is 0. The molecule has 0 spiro atoms. The van der Waals surface area contributed by atoms with Gasteiger partial charge in [-0.15, -0.1) is 0 Å². The van der Waals surface area contributed by atoms with Gasteiger partial charge >= 0.3 is 0 Å². The van der Waals surface area contributed by atoms with Gasteiger partial charge in [-0.25, -0.2) is 13.2 Å². The van der Waals surface area contributed by atoms with Crippen molar-refractivity contribution in [2.45, 2.75) is 19.9 Å². The van der Waals surface area contributed by atoms with Crippen LogP contribution in [0, 0.1) is 23.4 Å². The second kappa shape index (κ2) is 5.86. The average molecular weight is 260 g/mol. The highest BCUT2D eigenvalue weighted by molar-refractivity contribution is 5.94. The fraction of sp³-hybridized carbons (Fsp3) is 0.417. The summed E-state index contributed by atoms with van der Waals surface area (Å²) in [7, 11) is 0. The topological polar surface area (TPSA) is 55.1 Å². The van der Waals surface area contributed by atoms with E-state index in [-0.39, 0.29) is 17.5 Å². The van der Waals surface area contributed by atoms with Crippen LogP contribution in [0.25, 0.3) is 0 Å². The van der Waals surface area contributed by atoms with E-state index in [4.69, 9.17) is 5.73 Å². The zero-order valence-electron chi connectivity index (χ0n) is 10.1. The highest BCUT2D eigenvalue weighted by atomic mass is 19.2. The molecule has 18 heavy (non-hydrogen) atoms. The van der Waals surface area contributed by atoms with Gasteiger partial charge in [0.1, 0.15) is 0 Å². The lowest BCUT2D eigenvalue weighted by atomic mass is 10.0. The van der Waals surface area contributed by atoms with E-state index in [9.17, 15) is 18.0 Å². The van der Waals surface area contributed by atoms with Crippen LogP contribution in [0.5, 0.6) is 0 Å². The summed E-state index contributed by atoms with van der Waals surface area (Å²) >= 11 is 0. The number of hydrogen-bond donors (Lipinski definition) is 2. The van der Waals surface area contributed by atoms with Crippen LogP contribution in [-0.4, -0.2) is 18.5 Å². The number of benzene rings is 1. The van der Waals surface area contributed by atoms with E-state index in [1.165, 1.54) is 0 Å². The smallest absolute Gasteiger partial charge is 0.251 e. The van der Waals surface area contributed by atoms with Crippen molar-refractivity contribution < 1.29 is 18.0 Å². The van der Waals surface area contributed by atoms with E-state index in [0.717, 1.165) is 0 Å². The third kappa shape index (κ3) is 3.22. The molecule has 1 rings (SSSR count). The van der Waals surface area contributed by atoms with E-state index in [2.05, 4.69) is 5.32 Å². The first kappa shape index (κ1) is 14.5. The van der Waals surface area contributed by atoms with E-state index < -0.39 is 23.4 Å². The van der Waals surface area contributed by atoms with Crippen molar-refractivity contribution in [1.82, 2.24) is 5.32 Å². The monoisotopic (exact) mass is 260 g/mol. The zero-order valence-corrected chi connectivity index (χ0v) is 10.1. The molecule has 6 heteroatoms. The highest BCUT2D eigenvalue weighted by Crippen LogP contribution is 2.14. The first-order valence-electron chi connectivity index (χ1n) is 5.52. The molecular weight excluding hydrogens is 245 g/mol. The molecule has 0 aliphatic heterocycles. The van der Waals surface area contributed by atoms with Gasteiger partial charge in [0.15, 0.2) is 17.5 Å². The normalized spacial score (nSPS) is 14.1. The number of nitrogens with two attached hydrogens (primary N) is 1. The fourth-order valence-corrected chi connectivity index (χ4v) is 1.32. The predicted octanol–water partition coefficient (Wildman–Crippen LogP) is 1.82. The minimum Gasteiger partial charge on any atom is -0.349 e. The molecule has 0 aromatic heterocycles. The Hall–Kier alpha value is -1.56. The number of halogens is 3. The molecule has 0 saturated heterocycles. The first-order chi connectivity index (χ1) is 8.36. The second-order valence-corrected chi connectivity index (χ2v) is 4.23. The zero-order chi connectivity index (χ0) is 13.9. The Labute approximate surface area is 103 Å². The summed E-state index contributed by atoms with van der Waals surface area (Å²) in [6.45, 7) is 3.93. The number of carbonyl (C=O) groups is 1. The SMILES string of the molecule is CC(CN)C(C)NC(=O)c1cc(F)c(F)c(F)c1. The van der Waals surface area contributed by atoms with Crippen LogP contribution in [0.3, 0.4) is 0 Å². The second-order valence-electron chi connectivity index (χ2n) is 4.23. The van der Waals surface area contributed by atoms with Crippen molar-refractivity contribution in [3.63, 3.8) is 0 Å². The summed E-state index contributed by atoms with van der Waals surface area (Å²) in [5, 5.41) is 2.55. The van der Waals surface area contributed by atoms with Gasteiger partial charge in [0.2, 0.25) is 0 Å². The number of hydrogen-bond acceptors (Lipinski definition) is 2. The van der Waals surface area contributed by atoms with Gasteiger partial charge in [-0.3, -0.25) is 4.79 Å². The number of amides is 1. The van der Waals surface area contributed by atoms with Gasteiger partial charge in [-0.1, -0.05) is 6.92 Å². The maximum absolute atomic E-state index is 12.9. The fourth-order valence-electron chi connectivity index (χ4n) is 1.32. The van der Waals surface area contributed by atoms with E-state index in [1.54, 1.807) is 6.92 Å². The molecule has 0 saturated carbocycles. The molecule has 0 fully saturated rings. The highest BCUT2D eigenvalue weighted by Gasteiger charge is 2.18. The van der Waals surface area contributed by atoms with E-state index in [1.807, 2.05) is 6.92 Å². The van der Waals surface area contributed by atoms with Gasteiger partial charge in [0.05, 0.1) is 0 Å². The number of rotatable bonds is 4. The van der Waals surface area contributed by atoms with Crippen molar-refractivity contribution in [1.29, 1.82) is 0 Å². The van der Waals surface area contributed by atoms with E-state index in [0.29, 0.717) is 18.7 Å². The number of nitrogens with one attached hydrogen (secondary N) is 1. The van der Waals surface area contributed by atoms with Gasteiger partial charge in [-0.05, 0) is 31.5 Å². The Morgan fingerprint density at radius 2 is 1.78 bits per heavy atom. The molecule has 2 unspecified atom stereocenters. The van der Waals surface area contributed by atoms with Crippen LogP contribution in [-0.2, 0) is 0 Å². The molecule has 0 aliphatic rings. The number of carbonyl (C=O) groups excluding carboxylic acids is 1. The van der Waals surface area contributed by atoms with Crippen molar-refractivity contribution in [2.24, 2.45) is 11.7 Å². The largest absolute Gasteiger partial charge is 0.349 e. The van der Waals surface area contributed by atoms with Crippen LogP contribution < -0.4 is 11.1 Å². The molecule has 2 atom stereocenters.